The first kappa shape index (κ1) is 27.6. The first-order chi connectivity index (χ1) is 16.7. The summed E-state index contributed by atoms with van der Waals surface area (Å²) >= 11 is 0. The van der Waals surface area contributed by atoms with Gasteiger partial charge in [-0.1, -0.05) is 0 Å². The zero-order valence-corrected chi connectivity index (χ0v) is 19.1. The maximum atomic E-state index is 14.3. The molecule has 14 nitrogen and oxygen atoms in total. The summed E-state index contributed by atoms with van der Waals surface area (Å²) < 4.78 is 40.6. The molecular formula is C20H26F2N4O10. The molecule has 36 heavy (non-hydrogen) atoms. The van der Waals surface area contributed by atoms with E-state index in [-0.39, 0.29) is 0 Å². The molecule has 8 atom stereocenters. The van der Waals surface area contributed by atoms with Gasteiger partial charge in [-0.3, -0.25) is 28.7 Å². The van der Waals surface area contributed by atoms with Gasteiger partial charge < -0.3 is 29.9 Å². The van der Waals surface area contributed by atoms with Crippen LogP contribution in [0.1, 0.15) is 26.3 Å². The maximum Gasteiger partial charge on any atom is 0.330 e. The van der Waals surface area contributed by atoms with Crippen molar-refractivity contribution in [1.29, 1.82) is 0 Å². The highest BCUT2D eigenvalue weighted by molar-refractivity contribution is 5.02. The van der Waals surface area contributed by atoms with E-state index in [1.165, 1.54) is 0 Å². The van der Waals surface area contributed by atoms with E-state index in [0.29, 0.717) is 0 Å². The van der Waals surface area contributed by atoms with Gasteiger partial charge in [0, 0.05) is 24.5 Å². The maximum absolute atomic E-state index is 14.3. The summed E-state index contributed by atoms with van der Waals surface area (Å²) in [5.41, 5.74) is -7.43. The molecule has 2 aromatic heterocycles. The van der Waals surface area contributed by atoms with Gasteiger partial charge in [0.1, 0.15) is 24.4 Å². The van der Waals surface area contributed by atoms with Crippen molar-refractivity contribution in [1.82, 2.24) is 19.1 Å². The van der Waals surface area contributed by atoms with Crippen molar-refractivity contribution in [2.24, 2.45) is 0 Å². The van der Waals surface area contributed by atoms with Crippen LogP contribution in [0, 0.1) is 0 Å². The average molecular weight is 520 g/mol. The number of rotatable bonds is 4. The molecule has 0 spiro atoms. The Hall–Kier alpha value is -3.02. The van der Waals surface area contributed by atoms with Gasteiger partial charge in [0.2, 0.25) is 0 Å². The number of alkyl halides is 2. The summed E-state index contributed by atoms with van der Waals surface area (Å²) in [5, 5.41) is 37.2. The van der Waals surface area contributed by atoms with E-state index < -0.39 is 83.9 Å². The Balaban J connectivity index is 0.000000201. The van der Waals surface area contributed by atoms with Crippen LogP contribution in [0.25, 0.3) is 0 Å². The minimum absolute atomic E-state index is 0.574. The van der Waals surface area contributed by atoms with Gasteiger partial charge in [-0.05, 0) is 13.8 Å². The molecule has 0 amide bonds. The number of nitrogens with zero attached hydrogens (tertiary/aromatic N) is 2. The molecule has 200 valence electrons. The molecule has 0 radical (unpaired) electrons. The van der Waals surface area contributed by atoms with Crippen LogP contribution < -0.4 is 22.5 Å². The highest BCUT2D eigenvalue weighted by Gasteiger charge is 2.56. The van der Waals surface area contributed by atoms with Crippen molar-refractivity contribution in [2.75, 3.05) is 13.2 Å². The average Bonchev–Trinajstić information content (AvgIpc) is 3.17. The number of aromatic nitrogens is 4. The van der Waals surface area contributed by atoms with Crippen molar-refractivity contribution in [3.05, 3.63) is 66.2 Å². The van der Waals surface area contributed by atoms with E-state index in [1.807, 2.05) is 9.97 Å². The second kappa shape index (κ2) is 10.2. The van der Waals surface area contributed by atoms with Gasteiger partial charge in [0.25, 0.3) is 11.1 Å². The number of H-pyrrole nitrogens is 2. The lowest BCUT2D eigenvalue weighted by Gasteiger charge is -2.24. The molecule has 4 heterocycles. The zero-order valence-electron chi connectivity index (χ0n) is 19.1. The fraction of sp³-hybridized carbons (Fsp3) is 0.600. The molecule has 16 heteroatoms. The Labute approximate surface area is 200 Å². The van der Waals surface area contributed by atoms with Crippen molar-refractivity contribution in [2.45, 2.75) is 62.1 Å². The monoisotopic (exact) mass is 520 g/mol. The number of aliphatic hydroxyl groups is 4. The van der Waals surface area contributed by atoms with Crippen LogP contribution in [0.2, 0.25) is 0 Å². The Kier molecular flexibility index (Phi) is 7.77. The van der Waals surface area contributed by atoms with Crippen molar-refractivity contribution < 1.29 is 38.7 Å². The third-order valence-electron chi connectivity index (χ3n) is 6.00. The minimum Gasteiger partial charge on any atom is -0.394 e. The number of ether oxygens (including phenoxy) is 2. The van der Waals surface area contributed by atoms with E-state index in [2.05, 4.69) is 0 Å². The molecular weight excluding hydrogens is 494 g/mol. The lowest BCUT2D eigenvalue weighted by molar-refractivity contribution is -0.0611. The fourth-order valence-electron chi connectivity index (χ4n) is 3.95. The quantitative estimate of drug-likeness (QED) is 0.241. The molecule has 4 rings (SSSR count). The first-order valence-corrected chi connectivity index (χ1v) is 10.6. The Morgan fingerprint density at radius 3 is 1.39 bits per heavy atom. The summed E-state index contributed by atoms with van der Waals surface area (Å²) in [6, 6.07) is 2.08. The molecule has 0 unspecified atom stereocenters. The van der Waals surface area contributed by atoms with Crippen LogP contribution in [0.5, 0.6) is 0 Å². The molecule has 2 aliphatic rings. The molecule has 0 aromatic carbocycles. The number of aliphatic hydroxyl groups excluding tert-OH is 4. The smallest absolute Gasteiger partial charge is 0.330 e. The minimum atomic E-state index is -2.25. The van der Waals surface area contributed by atoms with Crippen LogP contribution >= 0.6 is 0 Å². The highest BCUT2D eigenvalue weighted by atomic mass is 19.1. The van der Waals surface area contributed by atoms with Gasteiger partial charge in [-0.15, -0.1) is 0 Å². The predicted molar refractivity (Wildman–Crippen MR) is 116 cm³/mol. The molecule has 0 bridgehead atoms. The summed E-state index contributed by atoms with van der Waals surface area (Å²) in [7, 11) is 0. The summed E-state index contributed by atoms with van der Waals surface area (Å²) in [6.45, 7) is 0.982. The molecule has 0 aliphatic carbocycles. The van der Waals surface area contributed by atoms with Crippen molar-refractivity contribution in [3.8, 4) is 0 Å². The molecule has 2 saturated heterocycles. The van der Waals surface area contributed by atoms with E-state index in [9.17, 15) is 38.2 Å². The number of aromatic amines is 2. The van der Waals surface area contributed by atoms with Gasteiger partial charge in [0.15, 0.2) is 23.8 Å². The van der Waals surface area contributed by atoms with Gasteiger partial charge in [0.05, 0.1) is 13.2 Å². The van der Waals surface area contributed by atoms with Crippen LogP contribution in [0.15, 0.2) is 43.7 Å². The van der Waals surface area contributed by atoms with Gasteiger partial charge in [-0.25, -0.2) is 18.4 Å². The van der Waals surface area contributed by atoms with Crippen LogP contribution in [0.4, 0.5) is 8.78 Å². The Morgan fingerprint density at radius 2 is 1.14 bits per heavy atom. The van der Waals surface area contributed by atoms with Gasteiger partial charge in [-0.2, -0.15) is 0 Å². The number of hydrogen-bond donors (Lipinski definition) is 6. The summed E-state index contributed by atoms with van der Waals surface area (Å²) in [4.78, 5) is 48.8. The van der Waals surface area contributed by atoms with Crippen LogP contribution in [0.3, 0.4) is 0 Å². The second-order valence-electron chi connectivity index (χ2n) is 8.65. The largest absolute Gasteiger partial charge is 0.394 e. The second-order valence-corrected chi connectivity index (χ2v) is 8.65. The third kappa shape index (κ3) is 4.95. The lowest BCUT2D eigenvalue weighted by atomic mass is 9.98. The fourth-order valence-corrected chi connectivity index (χ4v) is 3.95. The number of hydrogen-bond acceptors (Lipinski definition) is 10. The standard InChI is InChI=1S/2C10H13FN2O5/c2*1-10(11)7(16)5(4-14)18-8(10)13-3-2-6(15)12-9(13)17/h2*2-3,5,7-8,14,16H,4H2,1H3,(H,12,15,17)/t5-,7-,8-,10+;5-,7-,8-,10-/m11/s1. The molecule has 2 aromatic rings. The van der Waals surface area contributed by atoms with E-state index in [1.54, 1.807) is 0 Å². The topological polar surface area (TPSA) is 209 Å². The predicted octanol–water partition coefficient (Wildman–Crippen LogP) is -2.97. The summed E-state index contributed by atoms with van der Waals surface area (Å²) in [6.07, 6.45) is -6.03. The third-order valence-corrected chi connectivity index (χ3v) is 6.00. The highest BCUT2D eigenvalue weighted by Crippen LogP contribution is 2.41. The Bertz CT molecular complexity index is 1200. The van der Waals surface area contributed by atoms with Crippen molar-refractivity contribution >= 4 is 0 Å². The normalized spacial score (nSPS) is 35.9. The zero-order chi connectivity index (χ0) is 27.0. The SMILES string of the molecule is C[C@@]1(F)[C@H](O)[C@@H](CO)O[C@H]1n1ccc(=O)[nH]c1=O.C[C@]1(F)[C@H](O)[C@@H](CO)O[C@H]1n1ccc(=O)[nH]c1=O. The summed E-state index contributed by atoms with van der Waals surface area (Å²) in [5.74, 6) is 0. The van der Waals surface area contributed by atoms with E-state index in [0.717, 1.165) is 47.5 Å². The van der Waals surface area contributed by atoms with Crippen LogP contribution in [-0.4, -0.2) is 88.5 Å². The van der Waals surface area contributed by atoms with Crippen LogP contribution in [-0.2, 0) is 9.47 Å². The molecule has 6 N–H and O–H groups in total. The Morgan fingerprint density at radius 1 is 0.806 bits per heavy atom. The van der Waals surface area contributed by atoms with E-state index >= 15 is 0 Å². The first-order valence-electron chi connectivity index (χ1n) is 10.6. The van der Waals surface area contributed by atoms with Gasteiger partial charge >= 0.3 is 11.4 Å². The lowest BCUT2D eigenvalue weighted by Crippen LogP contribution is -2.43. The van der Waals surface area contributed by atoms with E-state index in [4.69, 9.17) is 19.7 Å². The number of halogens is 2. The van der Waals surface area contributed by atoms with Crippen molar-refractivity contribution in [3.63, 3.8) is 0 Å². The molecule has 2 aliphatic heterocycles. The number of nitrogens with one attached hydrogen (secondary N) is 2. The molecule has 2 fully saturated rings. The molecule has 0 saturated carbocycles.